The van der Waals surface area contributed by atoms with E-state index in [0.717, 1.165) is 32.4 Å². The van der Waals surface area contributed by atoms with E-state index < -0.39 is 0 Å². The quantitative estimate of drug-likeness (QED) is 0.253. The molecule has 0 spiro atoms. The first-order chi connectivity index (χ1) is 8.20. The number of hydrogen-bond acceptors (Lipinski definition) is 3. The number of carbonyl (C=O) groups excluding carboxylic acids is 1. The van der Waals surface area contributed by atoms with Crippen LogP contribution in [-0.4, -0.2) is 37.6 Å². The van der Waals surface area contributed by atoms with E-state index >= 15 is 0 Å². The van der Waals surface area contributed by atoms with E-state index in [0.29, 0.717) is 6.61 Å². The molecule has 0 aliphatic rings. The van der Waals surface area contributed by atoms with Gasteiger partial charge in [-0.3, -0.25) is 0 Å². The van der Waals surface area contributed by atoms with Crippen LogP contribution in [0.4, 0.5) is 0 Å². The first-order valence-corrected chi connectivity index (χ1v) is 5.94. The molecule has 0 amide bonds. The van der Waals surface area contributed by atoms with Crippen LogP contribution in [0.5, 0.6) is 0 Å². The van der Waals surface area contributed by atoms with E-state index in [1.54, 1.807) is 0 Å². The fourth-order valence-corrected chi connectivity index (χ4v) is 1.22. The van der Waals surface area contributed by atoms with Gasteiger partial charge in [-0.15, -0.1) is 6.58 Å². The molecule has 3 heteroatoms. The monoisotopic (exact) mass is 237 g/mol. The summed E-state index contributed by atoms with van der Waals surface area (Å²) in [5.74, 6) is -0.359. The van der Waals surface area contributed by atoms with E-state index in [1.165, 1.54) is 6.08 Å². The van der Waals surface area contributed by atoms with Gasteiger partial charge in [-0.25, -0.2) is 4.79 Å². The molecule has 0 N–H and O–H groups in total. The van der Waals surface area contributed by atoms with Crippen molar-refractivity contribution >= 4 is 5.97 Å². The van der Waals surface area contributed by atoms with Gasteiger partial charge >= 0.3 is 5.97 Å². The summed E-state index contributed by atoms with van der Waals surface area (Å²) in [5.41, 5.74) is 0. The van der Waals surface area contributed by atoms with Crippen molar-refractivity contribution in [3.8, 4) is 0 Å². The maximum atomic E-state index is 10.8. The van der Waals surface area contributed by atoms with E-state index in [4.69, 9.17) is 4.74 Å². The fourth-order valence-electron chi connectivity index (χ4n) is 1.22. The van der Waals surface area contributed by atoms with Gasteiger partial charge in [-0.2, -0.15) is 0 Å². The fraction of sp³-hybridized carbons (Fsp3) is 0.500. The first-order valence-electron chi connectivity index (χ1n) is 5.94. The second kappa shape index (κ2) is 11.1. The highest BCUT2D eigenvalue weighted by molar-refractivity contribution is 5.81. The van der Waals surface area contributed by atoms with Crippen LogP contribution in [0.3, 0.4) is 0 Å². The van der Waals surface area contributed by atoms with Crippen LogP contribution < -0.4 is 0 Å². The summed E-state index contributed by atoms with van der Waals surface area (Å²) >= 11 is 0. The predicted molar refractivity (Wildman–Crippen MR) is 71.8 cm³/mol. The number of hydrogen-bond donors (Lipinski definition) is 0. The van der Waals surface area contributed by atoms with Crippen molar-refractivity contribution < 1.29 is 9.53 Å². The summed E-state index contributed by atoms with van der Waals surface area (Å²) in [6.45, 7) is 9.15. The van der Waals surface area contributed by atoms with Gasteiger partial charge in [0.05, 0.1) is 0 Å². The summed E-state index contributed by atoms with van der Waals surface area (Å²) < 4.78 is 4.89. The Morgan fingerprint density at radius 3 is 2.53 bits per heavy atom. The van der Waals surface area contributed by atoms with E-state index in [9.17, 15) is 4.79 Å². The predicted octanol–water partition coefficient (Wildman–Crippen LogP) is 2.56. The second-order valence-corrected chi connectivity index (χ2v) is 3.80. The molecule has 0 aliphatic carbocycles. The van der Waals surface area contributed by atoms with Gasteiger partial charge in [0.1, 0.15) is 6.61 Å². The van der Waals surface area contributed by atoms with Crippen LogP contribution >= 0.6 is 0 Å². The van der Waals surface area contributed by atoms with Crippen LogP contribution in [0, 0.1) is 0 Å². The second-order valence-electron chi connectivity index (χ2n) is 3.80. The average molecular weight is 237 g/mol. The number of ether oxygens (including phenoxy) is 1. The highest BCUT2D eigenvalue weighted by Gasteiger charge is 1.99. The SMILES string of the molecule is C=CCC/C=C/CCN(C)CCOC(=O)C=C. The number of rotatable bonds is 10. The zero-order chi connectivity index (χ0) is 12.9. The molecular formula is C14H23NO2. The molecule has 0 unspecified atom stereocenters. The molecule has 0 radical (unpaired) electrons. The first kappa shape index (κ1) is 15.7. The summed E-state index contributed by atoms with van der Waals surface area (Å²) in [6, 6.07) is 0. The molecule has 0 atom stereocenters. The van der Waals surface area contributed by atoms with Crippen molar-refractivity contribution in [2.45, 2.75) is 19.3 Å². The summed E-state index contributed by atoms with van der Waals surface area (Å²) in [7, 11) is 2.01. The minimum atomic E-state index is -0.359. The average Bonchev–Trinajstić information content (AvgIpc) is 2.33. The number of esters is 1. The third kappa shape index (κ3) is 10.9. The lowest BCUT2D eigenvalue weighted by Crippen LogP contribution is -2.24. The van der Waals surface area contributed by atoms with Crippen LogP contribution in [0.1, 0.15) is 19.3 Å². The number of allylic oxidation sites excluding steroid dienone is 2. The lowest BCUT2D eigenvalue weighted by molar-refractivity contribution is -0.138. The third-order valence-corrected chi connectivity index (χ3v) is 2.27. The lowest BCUT2D eigenvalue weighted by atomic mass is 10.2. The molecule has 0 saturated carbocycles. The summed E-state index contributed by atoms with van der Waals surface area (Å²) in [6.07, 6.45) is 10.6. The zero-order valence-corrected chi connectivity index (χ0v) is 10.7. The molecule has 0 aromatic carbocycles. The molecule has 0 heterocycles. The van der Waals surface area contributed by atoms with Crippen LogP contribution in [0.25, 0.3) is 0 Å². The molecule has 17 heavy (non-hydrogen) atoms. The van der Waals surface area contributed by atoms with Gasteiger partial charge in [0, 0.05) is 19.2 Å². The molecular weight excluding hydrogens is 214 g/mol. The van der Waals surface area contributed by atoms with E-state index in [1.807, 2.05) is 13.1 Å². The van der Waals surface area contributed by atoms with E-state index in [-0.39, 0.29) is 5.97 Å². The standard InChI is InChI=1S/C14H23NO2/c1-4-6-7-8-9-10-11-15(3)12-13-17-14(16)5-2/h4-5,8-9H,1-2,6-7,10-13H2,3H3/b9-8+. The molecule has 0 aromatic rings. The maximum absolute atomic E-state index is 10.8. The molecule has 0 aromatic heterocycles. The normalized spacial score (nSPS) is 10.7. The molecule has 96 valence electrons. The Morgan fingerprint density at radius 2 is 1.88 bits per heavy atom. The molecule has 3 nitrogen and oxygen atoms in total. The number of unbranched alkanes of at least 4 members (excludes halogenated alkanes) is 1. The summed E-state index contributed by atoms with van der Waals surface area (Å²) in [5, 5.41) is 0. The Bertz CT molecular complexity index is 259. The molecule has 0 fully saturated rings. The smallest absolute Gasteiger partial charge is 0.330 e. The molecule has 0 aliphatic heterocycles. The highest BCUT2D eigenvalue weighted by Crippen LogP contribution is 1.95. The Kier molecular flexibility index (Phi) is 10.3. The topological polar surface area (TPSA) is 29.5 Å². The molecule has 0 saturated heterocycles. The van der Waals surface area contributed by atoms with Gasteiger partial charge in [-0.1, -0.05) is 24.8 Å². The van der Waals surface area contributed by atoms with Crippen LogP contribution in [0.2, 0.25) is 0 Å². The Balaban J connectivity index is 3.42. The van der Waals surface area contributed by atoms with Gasteiger partial charge in [0.2, 0.25) is 0 Å². The Morgan fingerprint density at radius 1 is 1.18 bits per heavy atom. The van der Waals surface area contributed by atoms with Crippen molar-refractivity contribution in [2.75, 3.05) is 26.7 Å². The third-order valence-electron chi connectivity index (χ3n) is 2.27. The highest BCUT2D eigenvalue weighted by atomic mass is 16.5. The Hall–Kier alpha value is -1.35. The van der Waals surface area contributed by atoms with Gasteiger partial charge in [0.25, 0.3) is 0 Å². The maximum Gasteiger partial charge on any atom is 0.330 e. The minimum Gasteiger partial charge on any atom is -0.461 e. The Labute approximate surface area is 104 Å². The minimum absolute atomic E-state index is 0.359. The molecule has 0 bridgehead atoms. The van der Waals surface area contributed by atoms with Crippen molar-refractivity contribution in [3.05, 3.63) is 37.5 Å². The van der Waals surface area contributed by atoms with Crippen molar-refractivity contribution in [1.82, 2.24) is 4.90 Å². The van der Waals surface area contributed by atoms with Gasteiger partial charge in [-0.05, 0) is 26.3 Å². The number of nitrogens with zero attached hydrogens (tertiary/aromatic N) is 1. The van der Waals surface area contributed by atoms with Crippen molar-refractivity contribution in [3.63, 3.8) is 0 Å². The van der Waals surface area contributed by atoms with Crippen molar-refractivity contribution in [1.29, 1.82) is 0 Å². The number of likely N-dealkylation sites (N-methyl/N-ethyl adjacent to an activating group) is 1. The van der Waals surface area contributed by atoms with Crippen molar-refractivity contribution in [2.24, 2.45) is 0 Å². The summed E-state index contributed by atoms with van der Waals surface area (Å²) in [4.78, 5) is 12.9. The largest absolute Gasteiger partial charge is 0.461 e. The van der Waals surface area contributed by atoms with E-state index in [2.05, 4.69) is 30.2 Å². The van der Waals surface area contributed by atoms with Crippen LogP contribution in [0.15, 0.2) is 37.5 Å². The molecule has 0 rings (SSSR count). The van der Waals surface area contributed by atoms with Crippen LogP contribution in [-0.2, 0) is 9.53 Å². The number of carbonyl (C=O) groups is 1. The lowest BCUT2D eigenvalue weighted by Gasteiger charge is -2.14. The zero-order valence-electron chi connectivity index (χ0n) is 10.7. The van der Waals surface area contributed by atoms with Gasteiger partial charge in [0.15, 0.2) is 0 Å². The van der Waals surface area contributed by atoms with Gasteiger partial charge < -0.3 is 9.64 Å².